The third kappa shape index (κ3) is 8.87. The Labute approximate surface area is 78.7 Å². The van der Waals surface area contributed by atoms with E-state index >= 15 is 0 Å². The molecule has 0 rings (SSSR count). The summed E-state index contributed by atoms with van der Waals surface area (Å²) in [4.78, 5) is 0. The van der Waals surface area contributed by atoms with E-state index < -0.39 is 0 Å². The molecule has 0 saturated carbocycles. The fourth-order valence-corrected chi connectivity index (χ4v) is 0. The van der Waals surface area contributed by atoms with Gasteiger partial charge in [-0.2, -0.15) is 0 Å². The third-order valence-electron chi connectivity index (χ3n) is 0. The van der Waals surface area contributed by atoms with Crippen LogP contribution < -0.4 is 0 Å². The van der Waals surface area contributed by atoms with Gasteiger partial charge in [-0.1, -0.05) is 0 Å². The van der Waals surface area contributed by atoms with Gasteiger partial charge in [0.25, 0.3) is 0 Å². The maximum atomic E-state index is 4.64. The average Bonchev–Trinajstić information content (AvgIpc) is 1.00. The first-order valence-electron chi connectivity index (χ1n) is 0.577. The predicted octanol–water partition coefficient (Wildman–Crippen LogP) is -1.72. The maximum absolute atomic E-state index is 4.64. The average molecular weight is 132 g/mol. The van der Waals surface area contributed by atoms with E-state index in [1.807, 2.05) is 0 Å². The zero-order valence-corrected chi connectivity index (χ0v) is 8.55. The Hall–Kier alpha value is 2.26. The Morgan fingerprint density at radius 3 is 1.50 bits per heavy atom. The molecule has 0 saturated heterocycles. The summed E-state index contributed by atoms with van der Waals surface area (Å²) in [5.41, 5.74) is 0. The Bertz CT molecular complexity index is 13.5. The van der Waals surface area contributed by atoms with E-state index in [1.165, 1.54) is 0 Å². The summed E-state index contributed by atoms with van der Waals surface area (Å²) < 4.78 is 0. The van der Waals surface area contributed by atoms with Gasteiger partial charge in [0.1, 0.15) is 0 Å². The van der Waals surface area contributed by atoms with Gasteiger partial charge in [0.2, 0.25) is 0 Å². The summed E-state index contributed by atoms with van der Waals surface area (Å²) in [6.07, 6.45) is 0. The normalized spacial score (nSPS) is 2.00. The quantitative estimate of drug-likeness (QED) is 0.344. The number of hydrogen-bond acceptors (Lipinski definition) is 0. The second-order valence-electron chi connectivity index (χ2n) is 0. The van der Waals surface area contributed by atoms with Crippen molar-refractivity contribution in [2.45, 2.75) is 0 Å². The molecule has 2 radical (unpaired) electrons. The third-order valence-corrected chi connectivity index (χ3v) is 0. The number of rotatable bonds is 0. The van der Waals surface area contributed by atoms with Crippen LogP contribution >= 0.6 is 0 Å². The molecule has 4 heavy (non-hydrogen) atoms. The minimum Gasteiger partial charge on any atom is -1.00 e. The summed E-state index contributed by atoms with van der Waals surface area (Å²) in [5.74, 6) is 0. The topological polar surface area (TPSA) is 0 Å². The summed E-state index contributed by atoms with van der Waals surface area (Å²) in [6, 6.07) is 0. The minimum atomic E-state index is 0. The van der Waals surface area contributed by atoms with Gasteiger partial charge in [0, 0.05) is 29.2 Å². The Morgan fingerprint density at radius 1 is 1.50 bits per heavy atom. The van der Waals surface area contributed by atoms with Gasteiger partial charge >= 0.3 is 37.7 Å². The van der Waals surface area contributed by atoms with E-state index in [-0.39, 0.29) is 62.3 Å². The van der Waals surface area contributed by atoms with Gasteiger partial charge in [-0.15, -0.1) is 0 Å². The van der Waals surface area contributed by atoms with Crippen LogP contribution in [0.5, 0.6) is 0 Å². The van der Waals surface area contributed by atoms with Gasteiger partial charge in [-0.05, 0) is 10.1 Å². The molecule has 0 nitrogen and oxygen atoms in total. The molecular formula is H5BCaSiTi. The smallest absolute Gasteiger partial charge is 1.00 e. The molecule has 0 bridgehead atoms. The van der Waals surface area contributed by atoms with Crippen LogP contribution in [0.3, 0.4) is 0 Å². The second kappa shape index (κ2) is 18.7. The van der Waals surface area contributed by atoms with Gasteiger partial charge in [0.15, 0.2) is 0 Å². The Morgan fingerprint density at radius 2 is 1.50 bits per heavy atom. The molecule has 0 aliphatic carbocycles. The van der Waals surface area contributed by atoms with Crippen molar-refractivity contribution in [3.05, 3.63) is 0 Å². The van der Waals surface area contributed by atoms with Crippen LogP contribution in [-0.4, -0.2) is 55.3 Å². The van der Waals surface area contributed by atoms with Crippen molar-refractivity contribution in [3.63, 3.8) is 0 Å². The molecule has 4 heteroatoms. The van der Waals surface area contributed by atoms with Gasteiger partial charge in [-0.25, -0.2) is 0 Å². The molecule has 0 spiro atoms. The van der Waals surface area contributed by atoms with Crippen molar-refractivity contribution in [3.8, 4) is 0 Å². The molecule has 0 heterocycles. The molecule has 18 valence electrons. The molecule has 0 unspecified atom stereocenters. The van der Waals surface area contributed by atoms with Crippen LogP contribution in [0, 0.1) is 0 Å². The zero-order valence-electron chi connectivity index (χ0n) is 4.78. The molecular weight excluding hydrogens is 127 g/mol. The molecule has 0 atom stereocenters. The van der Waals surface area contributed by atoms with E-state index in [4.69, 9.17) is 0 Å². The van der Waals surface area contributed by atoms with E-state index in [2.05, 4.69) is 7.44 Å². The fraction of sp³-hybridized carbons (Fsp3) is 0. The predicted molar refractivity (Wildman–Crippen MR) is 23.7 cm³/mol. The van der Waals surface area contributed by atoms with Gasteiger partial charge in [-0.3, -0.25) is 0 Å². The molecule has 0 amide bonds. The molecule has 0 aromatic carbocycles. The first kappa shape index (κ1) is 16.3. The summed E-state index contributed by atoms with van der Waals surface area (Å²) >= 11 is 0. The van der Waals surface area contributed by atoms with Gasteiger partial charge in [0.05, 0.1) is 0 Å². The van der Waals surface area contributed by atoms with Crippen molar-refractivity contribution < 1.29 is 24.6 Å². The maximum Gasteiger partial charge on any atom is 2.00 e. The molecule has 0 aromatic heterocycles. The van der Waals surface area contributed by atoms with Crippen LogP contribution in [0.4, 0.5) is 0 Å². The molecule has 0 N–H and O–H groups in total. The van der Waals surface area contributed by atoms with E-state index in [0.29, 0.717) is 0 Å². The zero-order chi connectivity index (χ0) is 2.00. The first-order chi connectivity index (χ1) is 1.00. The van der Waals surface area contributed by atoms with Crippen LogP contribution in [0.1, 0.15) is 2.85 Å². The summed E-state index contributed by atoms with van der Waals surface area (Å²) in [5, 5.41) is 0. The van der Waals surface area contributed by atoms with Crippen molar-refractivity contribution >= 4 is 55.3 Å². The fourth-order valence-electron chi connectivity index (χ4n) is 0. The molecule has 0 fully saturated rings. The van der Waals surface area contributed by atoms with Crippen LogP contribution in [0.2, 0.25) is 0 Å². The SMILES string of the molecule is [B][SiH3].[Ca+2].[H-].[H-].[Ti]. The van der Waals surface area contributed by atoms with Crippen LogP contribution in [-0.2, 0) is 21.7 Å². The summed E-state index contributed by atoms with van der Waals surface area (Å²) in [6.45, 7) is 0. The first-order valence-corrected chi connectivity index (χ1v) is 1.73. The van der Waals surface area contributed by atoms with Crippen LogP contribution in [0.15, 0.2) is 0 Å². The Balaban J connectivity index is -0.000000000833. The molecule has 0 aromatic rings. The van der Waals surface area contributed by atoms with E-state index in [0.717, 1.165) is 10.1 Å². The molecule has 0 aliphatic heterocycles. The monoisotopic (exact) mass is 132 g/mol. The van der Waals surface area contributed by atoms with Crippen LogP contribution in [0.25, 0.3) is 0 Å². The number of hydrogen-bond donors (Lipinski definition) is 0. The van der Waals surface area contributed by atoms with Crippen molar-refractivity contribution in [1.82, 2.24) is 0 Å². The van der Waals surface area contributed by atoms with Crippen molar-refractivity contribution in [2.75, 3.05) is 0 Å². The largest absolute Gasteiger partial charge is 2.00 e. The Kier molecular flexibility index (Phi) is 76.2. The molecule has 0 aliphatic rings. The van der Waals surface area contributed by atoms with E-state index in [1.54, 1.807) is 0 Å². The van der Waals surface area contributed by atoms with Crippen molar-refractivity contribution in [1.29, 1.82) is 0 Å². The second-order valence-corrected chi connectivity index (χ2v) is 0. The summed E-state index contributed by atoms with van der Waals surface area (Å²) in [7, 11) is 5.44. The standard InChI is InChI=1S/BH3Si.Ca.Ti.2H/c1-2;;;;/h2H3;;;;/q;+2;;2*-1. The minimum absolute atomic E-state index is 0. The van der Waals surface area contributed by atoms with Gasteiger partial charge < -0.3 is 2.85 Å². The van der Waals surface area contributed by atoms with E-state index in [9.17, 15) is 0 Å². The van der Waals surface area contributed by atoms with Crippen molar-refractivity contribution in [2.24, 2.45) is 0 Å².